The van der Waals surface area contributed by atoms with Gasteiger partial charge in [-0.3, -0.25) is 19.3 Å². The van der Waals surface area contributed by atoms with Crippen molar-refractivity contribution in [3.05, 3.63) is 54.1 Å². The van der Waals surface area contributed by atoms with E-state index in [1.54, 1.807) is 26.0 Å². The third-order valence-electron chi connectivity index (χ3n) is 5.36. The van der Waals surface area contributed by atoms with E-state index >= 15 is 0 Å². The molecular formula is C24H25FN2O6. The molecule has 0 fully saturated rings. The van der Waals surface area contributed by atoms with Crippen LogP contribution in [-0.4, -0.2) is 47.7 Å². The predicted molar refractivity (Wildman–Crippen MR) is 118 cm³/mol. The van der Waals surface area contributed by atoms with Crippen molar-refractivity contribution in [3.8, 4) is 11.1 Å². The molecule has 0 bridgehead atoms. The highest BCUT2D eigenvalue weighted by atomic mass is 19.1. The van der Waals surface area contributed by atoms with Crippen LogP contribution in [0.5, 0.6) is 0 Å². The average molecular weight is 456 g/mol. The van der Waals surface area contributed by atoms with Crippen LogP contribution < -0.4 is 10.2 Å². The van der Waals surface area contributed by atoms with E-state index in [9.17, 15) is 23.6 Å². The summed E-state index contributed by atoms with van der Waals surface area (Å²) in [5.41, 5.74) is 3.38. The number of ether oxygens (including phenoxy) is 1. The van der Waals surface area contributed by atoms with Crippen LogP contribution in [0.25, 0.3) is 11.1 Å². The van der Waals surface area contributed by atoms with E-state index in [0.717, 1.165) is 16.7 Å². The van der Waals surface area contributed by atoms with Gasteiger partial charge in [0.15, 0.2) is 11.9 Å². The molecule has 0 aromatic heterocycles. The molecule has 1 aliphatic rings. The summed E-state index contributed by atoms with van der Waals surface area (Å²) in [6.45, 7) is 2.09. The number of fused-ring (bicyclic) bond motifs is 3. The summed E-state index contributed by atoms with van der Waals surface area (Å²) in [7, 11) is 0. The van der Waals surface area contributed by atoms with Gasteiger partial charge in [0.1, 0.15) is 12.7 Å². The highest BCUT2D eigenvalue weighted by molar-refractivity contribution is 5.98. The summed E-state index contributed by atoms with van der Waals surface area (Å²) in [5.74, 6) is -3.80. The number of alkyl halides is 1. The van der Waals surface area contributed by atoms with Crippen molar-refractivity contribution in [2.75, 3.05) is 11.6 Å². The Kier molecular flexibility index (Phi) is 7.42. The molecule has 2 aromatic rings. The Labute approximate surface area is 190 Å². The van der Waals surface area contributed by atoms with Gasteiger partial charge < -0.3 is 15.2 Å². The van der Waals surface area contributed by atoms with Gasteiger partial charge in [0.2, 0.25) is 0 Å². The van der Waals surface area contributed by atoms with Gasteiger partial charge in [0.05, 0.1) is 18.7 Å². The van der Waals surface area contributed by atoms with Crippen LogP contribution >= 0.6 is 0 Å². The number of ketones is 1. The van der Waals surface area contributed by atoms with Gasteiger partial charge in [-0.05, 0) is 23.1 Å². The topological polar surface area (TPSA) is 113 Å². The Balaban J connectivity index is 1.81. The number of carboxylic acid groups (broad SMARTS) is 1. The van der Waals surface area contributed by atoms with Crippen LogP contribution in [-0.2, 0) is 25.7 Å². The van der Waals surface area contributed by atoms with Gasteiger partial charge in [-0.2, -0.15) is 0 Å². The van der Waals surface area contributed by atoms with Crippen LogP contribution in [0.3, 0.4) is 0 Å². The molecule has 2 N–H and O–H groups in total. The van der Waals surface area contributed by atoms with E-state index < -0.39 is 54.9 Å². The van der Waals surface area contributed by atoms with Crippen LogP contribution in [0.2, 0.25) is 0 Å². The number of amides is 2. The van der Waals surface area contributed by atoms with Gasteiger partial charge in [-0.15, -0.1) is 0 Å². The van der Waals surface area contributed by atoms with Crippen molar-refractivity contribution in [2.24, 2.45) is 5.92 Å². The third kappa shape index (κ3) is 5.36. The number of carboxylic acids is 1. The van der Waals surface area contributed by atoms with Crippen molar-refractivity contribution in [1.29, 1.82) is 0 Å². The zero-order chi connectivity index (χ0) is 24.1. The number of halogens is 1. The fourth-order valence-electron chi connectivity index (χ4n) is 3.71. The first kappa shape index (κ1) is 23.9. The van der Waals surface area contributed by atoms with Crippen molar-refractivity contribution in [3.63, 3.8) is 0 Å². The number of nitrogens with one attached hydrogen (secondary N) is 1. The first-order valence-corrected chi connectivity index (χ1v) is 10.5. The number of hydrogen-bond donors (Lipinski definition) is 2. The largest absolute Gasteiger partial charge is 0.481 e. The van der Waals surface area contributed by atoms with E-state index in [-0.39, 0.29) is 6.54 Å². The molecule has 0 saturated heterocycles. The molecule has 8 nitrogen and oxygen atoms in total. The number of benzene rings is 2. The number of aliphatic carboxylic acids is 1. The molecule has 174 valence electrons. The number of rotatable bonds is 8. The zero-order valence-corrected chi connectivity index (χ0v) is 18.3. The maximum absolute atomic E-state index is 13.1. The molecule has 2 atom stereocenters. The van der Waals surface area contributed by atoms with Crippen molar-refractivity contribution < 1.29 is 33.4 Å². The number of carbonyl (C=O) groups excluding carboxylic acids is 3. The lowest BCUT2D eigenvalue weighted by atomic mass is 9.94. The van der Waals surface area contributed by atoms with Crippen molar-refractivity contribution >= 4 is 29.4 Å². The molecule has 0 spiro atoms. The zero-order valence-electron chi connectivity index (χ0n) is 18.3. The number of nitrogens with zero attached hydrogens (tertiary/aromatic N) is 1. The highest BCUT2D eigenvalue weighted by Crippen LogP contribution is 2.39. The number of hydrogen-bond acceptors (Lipinski definition) is 5. The van der Waals surface area contributed by atoms with Gasteiger partial charge in [0, 0.05) is 5.56 Å². The SMILES string of the molecule is CC(C)[C@H](OC(=O)N1Cc2ccccc2-c2ccccc21)C(=O)NC(CC(=O)O)C(=O)CF. The van der Waals surface area contributed by atoms with Crippen LogP contribution in [0, 0.1) is 5.92 Å². The Hall–Kier alpha value is -3.75. The molecule has 2 aromatic carbocycles. The minimum atomic E-state index is -1.55. The van der Waals surface area contributed by atoms with E-state index in [0.29, 0.717) is 5.69 Å². The van der Waals surface area contributed by atoms with E-state index in [1.807, 2.05) is 36.4 Å². The molecule has 9 heteroatoms. The molecule has 1 unspecified atom stereocenters. The smallest absolute Gasteiger partial charge is 0.415 e. The second-order valence-corrected chi connectivity index (χ2v) is 8.07. The van der Waals surface area contributed by atoms with Crippen molar-refractivity contribution in [2.45, 2.75) is 39.0 Å². The first-order chi connectivity index (χ1) is 15.7. The first-order valence-electron chi connectivity index (χ1n) is 10.5. The molecule has 0 radical (unpaired) electrons. The molecule has 1 heterocycles. The van der Waals surface area contributed by atoms with E-state index in [4.69, 9.17) is 9.84 Å². The van der Waals surface area contributed by atoms with Crippen LogP contribution in [0.15, 0.2) is 48.5 Å². The van der Waals surface area contributed by atoms with Gasteiger partial charge in [0.25, 0.3) is 5.91 Å². The summed E-state index contributed by atoms with van der Waals surface area (Å²) in [6.07, 6.45) is -2.85. The van der Waals surface area contributed by atoms with Crippen LogP contribution in [0.4, 0.5) is 14.9 Å². The predicted octanol–water partition coefficient (Wildman–Crippen LogP) is 3.33. The Morgan fingerprint density at radius 1 is 1.06 bits per heavy atom. The van der Waals surface area contributed by atoms with Crippen LogP contribution in [0.1, 0.15) is 25.8 Å². The maximum Gasteiger partial charge on any atom is 0.415 e. The van der Waals surface area contributed by atoms with Gasteiger partial charge in [-0.25, -0.2) is 9.18 Å². The molecule has 2 amide bonds. The Bertz CT molecular complexity index is 1070. The standard InChI is InChI=1S/C24H25FN2O6/c1-14(2)22(23(31)26-18(11-21(29)30)20(28)12-25)33-24(32)27-13-15-7-3-4-8-16(15)17-9-5-6-10-19(17)27/h3-10,14,18,22H,11-13H2,1-2H3,(H,26,31)(H,29,30)/t18?,22-/m0/s1. The lowest BCUT2D eigenvalue weighted by Gasteiger charge is -2.32. The summed E-state index contributed by atoms with van der Waals surface area (Å²) < 4.78 is 18.4. The second kappa shape index (κ2) is 10.2. The molecule has 0 aliphatic carbocycles. The number of para-hydroxylation sites is 1. The van der Waals surface area contributed by atoms with Gasteiger partial charge in [-0.1, -0.05) is 56.3 Å². The molecule has 33 heavy (non-hydrogen) atoms. The second-order valence-electron chi connectivity index (χ2n) is 8.07. The summed E-state index contributed by atoms with van der Waals surface area (Å²) in [6, 6.07) is 13.4. The molecular weight excluding hydrogens is 431 g/mol. The highest BCUT2D eigenvalue weighted by Gasteiger charge is 2.34. The Morgan fingerprint density at radius 3 is 2.33 bits per heavy atom. The average Bonchev–Trinajstić information content (AvgIpc) is 2.80. The summed E-state index contributed by atoms with van der Waals surface area (Å²) >= 11 is 0. The number of Topliss-reactive ketones (excluding diaryl/α,β-unsaturated/α-hetero) is 1. The molecule has 1 aliphatic heterocycles. The van der Waals surface area contributed by atoms with E-state index in [1.165, 1.54) is 4.90 Å². The van der Waals surface area contributed by atoms with E-state index in [2.05, 4.69) is 5.32 Å². The summed E-state index contributed by atoms with van der Waals surface area (Å²) in [4.78, 5) is 50.1. The fraction of sp³-hybridized carbons (Fsp3) is 0.333. The number of carbonyl (C=O) groups is 4. The minimum Gasteiger partial charge on any atom is -0.481 e. The quantitative estimate of drug-likeness (QED) is 0.630. The van der Waals surface area contributed by atoms with Gasteiger partial charge >= 0.3 is 12.1 Å². The minimum absolute atomic E-state index is 0.237. The number of anilines is 1. The molecule has 0 saturated carbocycles. The maximum atomic E-state index is 13.1. The molecule has 3 rings (SSSR count). The fourth-order valence-corrected chi connectivity index (χ4v) is 3.71. The Morgan fingerprint density at radius 2 is 1.70 bits per heavy atom. The summed E-state index contributed by atoms with van der Waals surface area (Å²) in [5, 5.41) is 11.2. The monoisotopic (exact) mass is 456 g/mol. The normalized spacial score (nSPS) is 14.0. The van der Waals surface area contributed by atoms with Crippen molar-refractivity contribution in [1.82, 2.24) is 5.32 Å². The third-order valence-corrected chi connectivity index (χ3v) is 5.36. The lowest BCUT2D eigenvalue weighted by molar-refractivity contribution is -0.141. The lowest BCUT2D eigenvalue weighted by Crippen LogP contribution is -2.50.